The summed E-state index contributed by atoms with van der Waals surface area (Å²) in [6.07, 6.45) is 0. The number of halogens is 4. The molecule has 1 aliphatic heterocycles. The summed E-state index contributed by atoms with van der Waals surface area (Å²) < 4.78 is 5.13. The number of ether oxygens (including phenoxy) is 1. The van der Waals surface area contributed by atoms with Crippen molar-refractivity contribution in [3.63, 3.8) is 0 Å². The molecule has 1 unspecified atom stereocenters. The molecule has 0 bridgehead atoms. The number of nitriles is 1. The molecule has 1 aromatic rings. The van der Waals surface area contributed by atoms with Crippen molar-refractivity contribution in [1.29, 1.82) is 10.7 Å². The van der Waals surface area contributed by atoms with Crippen LogP contribution in [-0.2, 0) is 20.9 Å². The van der Waals surface area contributed by atoms with Gasteiger partial charge in [-0.15, -0.1) is 0 Å². The summed E-state index contributed by atoms with van der Waals surface area (Å²) in [4.78, 5) is 27.7. The standard InChI is InChI=1S/C21H15Cl4N3O4/c1-3-32-19(31)14-9(2)28(8-10-4-5-11(22)6-13(10)23)20(27)21(14)12(7-26)17(29)15(24)16(25)18(21)30/h4-6,27,29H,3,8H2,1-2H3. The number of hydrogen-bond donors (Lipinski definition) is 2. The maximum absolute atomic E-state index is 13.4. The van der Waals surface area contributed by atoms with Crippen LogP contribution in [0.25, 0.3) is 0 Å². The van der Waals surface area contributed by atoms with Crippen LogP contribution in [0.1, 0.15) is 19.4 Å². The van der Waals surface area contributed by atoms with E-state index < -0.39 is 44.4 Å². The maximum atomic E-state index is 13.4. The van der Waals surface area contributed by atoms with E-state index in [9.17, 15) is 20.0 Å². The third-order valence-corrected chi connectivity index (χ3v) is 6.67. The number of hydrogen-bond acceptors (Lipinski definition) is 6. The molecule has 2 aliphatic rings. The Hall–Kier alpha value is -2.50. The smallest absolute Gasteiger partial charge is 0.337 e. The molecule has 0 saturated heterocycles. The van der Waals surface area contributed by atoms with E-state index in [0.29, 0.717) is 15.6 Å². The van der Waals surface area contributed by atoms with E-state index >= 15 is 0 Å². The third-order valence-electron chi connectivity index (χ3n) is 5.25. The fourth-order valence-electron chi connectivity index (χ4n) is 3.79. The molecule has 1 aliphatic carbocycles. The van der Waals surface area contributed by atoms with Gasteiger partial charge in [0.2, 0.25) is 0 Å². The van der Waals surface area contributed by atoms with Crippen LogP contribution >= 0.6 is 46.4 Å². The highest BCUT2D eigenvalue weighted by atomic mass is 35.5. The van der Waals surface area contributed by atoms with E-state index in [1.54, 1.807) is 25.1 Å². The molecule has 1 spiro atoms. The van der Waals surface area contributed by atoms with E-state index in [1.807, 2.05) is 0 Å². The Labute approximate surface area is 203 Å². The first-order chi connectivity index (χ1) is 15.0. The summed E-state index contributed by atoms with van der Waals surface area (Å²) in [7, 11) is 0. The Kier molecular flexibility index (Phi) is 6.64. The number of carbonyl (C=O) groups is 2. The SMILES string of the molecule is CCOC(=O)C1=C(C)N(Cc2ccc(Cl)cc2Cl)C(=N)C12C(=O)C(Cl)=C(Cl)C(O)=C2C#N. The quantitative estimate of drug-likeness (QED) is 0.532. The number of carbonyl (C=O) groups excluding carboxylic acids is 2. The summed E-state index contributed by atoms with van der Waals surface area (Å²) in [5, 5.41) is 28.8. The van der Waals surface area contributed by atoms with Crippen molar-refractivity contribution < 1.29 is 19.4 Å². The number of esters is 1. The first-order valence-electron chi connectivity index (χ1n) is 9.17. The van der Waals surface area contributed by atoms with Crippen molar-refractivity contribution in [2.24, 2.45) is 5.41 Å². The maximum Gasteiger partial charge on any atom is 0.337 e. The molecule has 3 rings (SSSR count). The van der Waals surface area contributed by atoms with Crippen molar-refractivity contribution in [2.75, 3.05) is 6.61 Å². The zero-order chi connectivity index (χ0) is 24.0. The Morgan fingerprint density at radius 1 is 1.28 bits per heavy atom. The van der Waals surface area contributed by atoms with Gasteiger partial charge in [0.05, 0.1) is 24.3 Å². The summed E-state index contributed by atoms with van der Waals surface area (Å²) >= 11 is 24.3. The van der Waals surface area contributed by atoms with Gasteiger partial charge in [-0.3, -0.25) is 10.2 Å². The minimum Gasteiger partial charge on any atom is -0.505 e. The molecule has 0 fully saturated rings. The summed E-state index contributed by atoms with van der Waals surface area (Å²) in [6, 6.07) is 6.47. The first kappa shape index (κ1) is 24.1. The van der Waals surface area contributed by atoms with E-state index in [-0.39, 0.29) is 24.4 Å². The van der Waals surface area contributed by atoms with Crippen LogP contribution in [0, 0.1) is 22.2 Å². The van der Waals surface area contributed by atoms with Crippen molar-refractivity contribution in [3.05, 3.63) is 66.5 Å². The van der Waals surface area contributed by atoms with Gasteiger partial charge in [-0.1, -0.05) is 52.5 Å². The van der Waals surface area contributed by atoms with E-state index in [4.69, 9.17) is 56.5 Å². The lowest BCUT2D eigenvalue weighted by molar-refractivity contribution is -0.140. The van der Waals surface area contributed by atoms with Gasteiger partial charge < -0.3 is 14.7 Å². The lowest BCUT2D eigenvalue weighted by Crippen LogP contribution is -2.47. The highest BCUT2D eigenvalue weighted by molar-refractivity contribution is 6.53. The van der Waals surface area contributed by atoms with Gasteiger partial charge in [0.25, 0.3) is 0 Å². The molecule has 0 aromatic heterocycles. The number of rotatable bonds is 4. The van der Waals surface area contributed by atoms with Crippen LogP contribution < -0.4 is 0 Å². The normalized spacial score (nSPS) is 21.1. The zero-order valence-corrected chi connectivity index (χ0v) is 19.7. The number of nitrogens with zero attached hydrogens (tertiary/aromatic N) is 2. The Bertz CT molecular complexity index is 1210. The molecule has 0 radical (unpaired) electrons. The molecular weight excluding hydrogens is 500 g/mol. The fourth-order valence-corrected chi connectivity index (χ4v) is 4.67. The molecule has 7 nitrogen and oxygen atoms in total. The van der Waals surface area contributed by atoms with Crippen LogP contribution in [-0.4, -0.2) is 34.2 Å². The van der Waals surface area contributed by atoms with E-state index in [1.165, 1.54) is 17.9 Å². The number of amidine groups is 1. The summed E-state index contributed by atoms with van der Waals surface area (Å²) in [6.45, 7) is 2.99. The largest absolute Gasteiger partial charge is 0.505 e. The van der Waals surface area contributed by atoms with E-state index in [0.717, 1.165) is 0 Å². The second kappa shape index (κ2) is 8.80. The van der Waals surface area contributed by atoms with Crippen LogP contribution in [0.3, 0.4) is 0 Å². The molecule has 166 valence electrons. The fraction of sp³-hybridized carbons (Fsp3) is 0.238. The minimum absolute atomic E-state index is 0.0296. The van der Waals surface area contributed by atoms with Crippen molar-refractivity contribution in [2.45, 2.75) is 20.4 Å². The molecule has 0 saturated carbocycles. The number of aliphatic hydroxyl groups is 1. The summed E-state index contributed by atoms with van der Waals surface area (Å²) in [5.74, 6) is -3.18. The number of aliphatic hydroxyl groups excluding tert-OH is 1. The predicted octanol–water partition coefficient (Wildman–Crippen LogP) is 5.22. The highest BCUT2D eigenvalue weighted by Gasteiger charge is 2.63. The van der Waals surface area contributed by atoms with Crippen LogP contribution in [0.15, 0.2) is 50.9 Å². The van der Waals surface area contributed by atoms with Gasteiger partial charge in [-0.2, -0.15) is 5.26 Å². The molecule has 0 amide bonds. The van der Waals surface area contributed by atoms with Gasteiger partial charge in [-0.25, -0.2) is 4.79 Å². The van der Waals surface area contributed by atoms with Gasteiger partial charge in [-0.05, 0) is 31.5 Å². The molecule has 1 atom stereocenters. The molecule has 2 N–H and O–H groups in total. The predicted molar refractivity (Wildman–Crippen MR) is 121 cm³/mol. The lowest BCUT2D eigenvalue weighted by atomic mass is 9.68. The minimum atomic E-state index is -2.32. The molecule has 32 heavy (non-hydrogen) atoms. The highest BCUT2D eigenvalue weighted by Crippen LogP contribution is 2.53. The second-order valence-corrected chi connectivity index (χ2v) is 8.49. The zero-order valence-electron chi connectivity index (χ0n) is 16.7. The number of allylic oxidation sites excluding steroid dienone is 3. The van der Waals surface area contributed by atoms with Gasteiger partial charge in [0.1, 0.15) is 22.0 Å². The second-order valence-electron chi connectivity index (χ2n) is 6.89. The molecule has 1 heterocycles. The van der Waals surface area contributed by atoms with Crippen LogP contribution in [0.5, 0.6) is 0 Å². The molecule has 1 aromatic carbocycles. The van der Waals surface area contributed by atoms with Gasteiger partial charge in [0, 0.05) is 15.7 Å². The third kappa shape index (κ3) is 3.39. The Morgan fingerprint density at radius 3 is 2.50 bits per heavy atom. The first-order valence-corrected chi connectivity index (χ1v) is 10.7. The number of Topliss-reactive ketones (excluding diaryl/α,β-unsaturated/α-hetero) is 1. The average molecular weight is 515 g/mol. The van der Waals surface area contributed by atoms with Gasteiger partial charge in [0.15, 0.2) is 17.0 Å². The summed E-state index contributed by atoms with van der Waals surface area (Å²) in [5.41, 5.74) is -2.51. The molecule has 11 heteroatoms. The Morgan fingerprint density at radius 2 is 1.94 bits per heavy atom. The monoisotopic (exact) mass is 513 g/mol. The molecular formula is C21H15Cl4N3O4. The van der Waals surface area contributed by atoms with Crippen molar-refractivity contribution in [1.82, 2.24) is 4.90 Å². The van der Waals surface area contributed by atoms with Crippen molar-refractivity contribution >= 4 is 64.0 Å². The average Bonchev–Trinajstić information content (AvgIpc) is 2.95. The van der Waals surface area contributed by atoms with Crippen molar-refractivity contribution in [3.8, 4) is 6.07 Å². The van der Waals surface area contributed by atoms with Gasteiger partial charge >= 0.3 is 5.97 Å². The number of nitrogens with one attached hydrogen (secondary N) is 1. The lowest BCUT2D eigenvalue weighted by Gasteiger charge is -2.33. The number of benzene rings is 1. The Balaban J connectivity index is 2.29. The topological polar surface area (TPSA) is 114 Å². The number of ketones is 1. The van der Waals surface area contributed by atoms with E-state index in [2.05, 4.69) is 0 Å². The van der Waals surface area contributed by atoms with Crippen LogP contribution in [0.4, 0.5) is 0 Å². The van der Waals surface area contributed by atoms with Crippen LogP contribution in [0.2, 0.25) is 10.0 Å².